The summed E-state index contributed by atoms with van der Waals surface area (Å²) in [5, 5.41) is 3.86. The summed E-state index contributed by atoms with van der Waals surface area (Å²) >= 11 is 0. The van der Waals surface area contributed by atoms with Gasteiger partial charge >= 0.3 is 6.03 Å². The predicted molar refractivity (Wildman–Crippen MR) is 35.9 cm³/mol. The Morgan fingerprint density at radius 3 is 3.00 bits per heavy atom. The second-order valence-electron chi connectivity index (χ2n) is 1.88. The molecule has 2 amide bonds. The molecule has 1 aromatic rings. The number of rotatable bonds is 1. The van der Waals surface area contributed by atoms with E-state index in [0.717, 1.165) is 5.69 Å². The summed E-state index contributed by atoms with van der Waals surface area (Å²) in [5.41, 5.74) is 7.92. The van der Waals surface area contributed by atoms with Gasteiger partial charge in [0.05, 0.1) is 5.69 Å². The average Bonchev–Trinajstić information content (AvgIpc) is 2.13. The van der Waals surface area contributed by atoms with Crippen LogP contribution in [0.5, 0.6) is 0 Å². The maximum atomic E-state index is 10.2. The Labute approximate surface area is 57.8 Å². The van der Waals surface area contributed by atoms with Crippen LogP contribution in [0.1, 0.15) is 5.69 Å². The van der Waals surface area contributed by atoms with Crippen molar-refractivity contribution in [3.63, 3.8) is 0 Å². The molecule has 0 aliphatic rings. The normalized spacial score (nSPS) is 9.30. The van der Waals surface area contributed by atoms with Crippen molar-refractivity contribution in [3.8, 4) is 0 Å². The van der Waals surface area contributed by atoms with Crippen LogP contribution < -0.4 is 11.2 Å². The first-order chi connectivity index (χ1) is 4.68. The van der Waals surface area contributed by atoms with Crippen LogP contribution in [0.15, 0.2) is 12.3 Å². The van der Waals surface area contributed by atoms with Crippen LogP contribution in [-0.2, 0) is 0 Å². The zero-order valence-electron chi connectivity index (χ0n) is 5.53. The molecule has 0 bridgehead atoms. The van der Waals surface area contributed by atoms with Crippen molar-refractivity contribution >= 4 is 6.03 Å². The van der Waals surface area contributed by atoms with Crippen molar-refractivity contribution in [2.75, 3.05) is 5.43 Å². The van der Waals surface area contributed by atoms with Gasteiger partial charge in [0.25, 0.3) is 0 Å². The lowest BCUT2D eigenvalue weighted by Crippen LogP contribution is -2.28. The number of hydrogen-bond acceptors (Lipinski definition) is 2. The van der Waals surface area contributed by atoms with Gasteiger partial charge in [-0.15, -0.1) is 0 Å². The number of nitrogens with one attached hydrogen (secondary N) is 1. The number of carbonyl (C=O) groups is 1. The fourth-order valence-electron chi connectivity index (χ4n) is 0.590. The summed E-state index contributed by atoms with van der Waals surface area (Å²) in [6.45, 7) is 1.82. The third kappa shape index (κ3) is 1.48. The number of aromatic nitrogens is 2. The molecule has 0 radical (unpaired) electrons. The number of carbonyl (C=O) groups excluding carboxylic acids is 1. The van der Waals surface area contributed by atoms with Crippen molar-refractivity contribution in [2.24, 2.45) is 5.73 Å². The van der Waals surface area contributed by atoms with Crippen LogP contribution in [0.25, 0.3) is 0 Å². The fourth-order valence-corrected chi connectivity index (χ4v) is 0.590. The van der Waals surface area contributed by atoms with Crippen molar-refractivity contribution in [3.05, 3.63) is 18.0 Å². The highest BCUT2D eigenvalue weighted by Crippen LogP contribution is 1.88. The molecule has 0 aromatic carbocycles. The molecule has 0 spiro atoms. The van der Waals surface area contributed by atoms with E-state index in [1.54, 1.807) is 12.3 Å². The molecule has 5 heteroatoms. The van der Waals surface area contributed by atoms with E-state index in [4.69, 9.17) is 5.73 Å². The van der Waals surface area contributed by atoms with Crippen LogP contribution in [0, 0.1) is 6.92 Å². The molecule has 0 saturated heterocycles. The van der Waals surface area contributed by atoms with Crippen molar-refractivity contribution in [1.82, 2.24) is 9.89 Å². The maximum absolute atomic E-state index is 10.2. The quantitative estimate of drug-likeness (QED) is 0.567. The molecule has 0 saturated carbocycles. The standard InChI is InChI=1S/C5H8N4O/c1-4-2-3-9(7-4)8-5(6)10/h2-3H,1H3,(H3,6,8,10). The number of hydrogen-bond donors (Lipinski definition) is 2. The Bertz CT molecular complexity index is 242. The molecule has 0 fully saturated rings. The molecule has 10 heavy (non-hydrogen) atoms. The lowest BCUT2D eigenvalue weighted by Gasteiger charge is -1.97. The number of nitrogens with zero attached hydrogens (tertiary/aromatic N) is 2. The average molecular weight is 140 g/mol. The van der Waals surface area contributed by atoms with Gasteiger partial charge < -0.3 is 5.73 Å². The molecular weight excluding hydrogens is 132 g/mol. The minimum Gasteiger partial charge on any atom is -0.350 e. The molecule has 5 nitrogen and oxygen atoms in total. The smallest absolute Gasteiger partial charge is 0.332 e. The first-order valence-electron chi connectivity index (χ1n) is 2.77. The van der Waals surface area contributed by atoms with Crippen molar-refractivity contribution in [2.45, 2.75) is 6.92 Å². The number of aryl methyl sites for hydroxylation is 1. The first-order valence-corrected chi connectivity index (χ1v) is 2.77. The Balaban J connectivity index is 2.67. The third-order valence-corrected chi connectivity index (χ3v) is 0.947. The van der Waals surface area contributed by atoms with Gasteiger partial charge in [-0.05, 0) is 13.0 Å². The van der Waals surface area contributed by atoms with Crippen LogP contribution in [0.4, 0.5) is 4.79 Å². The van der Waals surface area contributed by atoms with E-state index in [9.17, 15) is 4.79 Å². The molecule has 0 aliphatic heterocycles. The molecule has 54 valence electrons. The summed E-state index contributed by atoms with van der Waals surface area (Å²) in [5.74, 6) is 0. The summed E-state index contributed by atoms with van der Waals surface area (Å²) in [6, 6.07) is 1.14. The molecule has 1 aromatic heterocycles. The van der Waals surface area contributed by atoms with E-state index in [-0.39, 0.29) is 0 Å². The fraction of sp³-hybridized carbons (Fsp3) is 0.200. The van der Waals surface area contributed by atoms with Gasteiger partial charge in [-0.3, -0.25) is 0 Å². The SMILES string of the molecule is Cc1ccn(NC(N)=O)n1. The third-order valence-electron chi connectivity index (χ3n) is 0.947. The molecular formula is C5H8N4O. The van der Waals surface area contributed by atoms with Gasteiger partial charge in [0.15, 0.2) is 0 Å². The van der Waals surface area contributed by atoms with Crippen LogP contribution in [0.3, 0.4) is 0 Å². The predicted octanol–water partition coefficient (Wildman–Crippen LogP) is -0.186. The van der Waals surface area contributed by atoms with Gasteiger partial charge in [0.2, 0.25) is 0 Å². The van der Waals surface area contributed by atoms with Gasteiger partial charge in [-0.2, -0.15) is 9.89 Å². The minimum atomic E-state index is -0.622. The van der Waals surface area contributed by atoms with E-state index in [1.165, 1.54) is 4.79 Å². The second kappa shape index (κ2) is 2.38. The highest BCUT2D eigenvalue weighted by atomic mass is 16.2. The molecule has 0 atom stereocenters. The van der Waals surface area contributed by atoms with Gasteiger partial charge in [0.1, 0.15) is 0 Å². The van der Waals surface area contributed by atoms with E-state index >= 15 is 0 Å². The van der Waals surface area contributed by atoms with Crippen LogP contribution in [0.2, 0.25) is 0 Å². The number of primary amides is 1. The Hall–Kier alpha value is -1.52. The Morgan fingerprint density at radius 1 is 1.90 bits per heavy atom. The van der Waals surface area contributed by atoms with E-state index in [1.807, 2.05) is 6.92 Å². The van der Waals surface area contributed by atoms with E-state index in [0.29, 0.717) is 0 Å². The molecule has 1 heterocycles. The van der Waals surface area contributed by atoms with E-state index < -0.39 is 6.03 Å². The van der Waals surface area contributed by atoms with E-state index in [2.05, 4.69) is 10.5 Å². The highest BCUT2D eigenvalue weighted by molar-refractivity contribution is 5.79. The Morgan fingerprint density at radius 2 is 2.60 bits per heavy atom. The maximum Gasteiger partial charge on any atom is 0.332 e. The zero-order valence-corrected chi connectivity index (χ0v) is 5.53. The molecule has 1 rings (SSSR count). The van der Waals surface area contributed by atoms with Crippen molar-refractivity contribution in [1.29, 1.82) is 0 Å². The minimum absolute atomic E-state index is 0.622. The summed E-state index contributed by atoms with van der Waals surface area (Å²) in [4.78, 5) is 11.5. The summed E-state index contributed by atoms with van der Waals surface area (Å²) in [6.07, 6.45) is 1.61. The van der Waals surface area contributed by atoms with Gasteiger partial charge in [-0.1, -0.05) is 0 Å². The molecule has 0 unspecified atom stereocenters. The van der Waals surface area contributed by atoms with Crippen LogP contribution in [-0.4, -0.2) is 15.9 Å². The summed E-state index contributed by atoms with van der Waals surface area (Å²) < 4.78 is 0. The Kier molecular flexibility index (Phi) is 1.57. The number of amides is 2. The lowest BCUT2D eigenvalue weighted by atomic mass is 10.5. The largest absolute Gasteiger partial charge is 0.350 e. The van der Waals surface area contributed by atoms with Crippen LogP contribution >= 0.6 is 0 Å². The first kappa shape index (κ1) is 6.60. The highest BCUT2D eigenvalue weighted by Gasteiger charge is 1.93. The monoisotopic (exact) mass is 140 g/mol. The second-order valence-corrected chi connectivity index (χ2v) is 1.88. The molecule has 0 aliphatic carbocycles. The number of nitrogens with two attached hydrogens (primary N) is 1. The molecule has 3 N–H and O–H groups in total. The van der Waals surface area contributed by atoms with Gasteiger partial charge in [-0.25, -0.2) is 10.2 Å². The summed E-state index contributed by atoms with van der Waals surface area (Å²) in [7, 11) is 0. The number of urea groups is 1. The topological polar surface area (TPSA) is 72.9 Å². The van der Waals surface area contributed by atoms with Gasteiger partial charge in [0, 0.05) is 6.20 Å². The zero-order chi connectivity index (χ0) is 7.56. The lowest BCUT2D eigenvalue weighted by molar-refractivity contribution is 0.256. The van der Waals surface area contributed by atoms with Crippen molar-refractivity contribution < 1.29 is 4.79 Å².